The van der Waals surface area contributed by atoms with Gasteiger partial charge in [0, 0.05) is 36.1 Å². The second-order valence-corrected chi connectivity index (χ2v) is 7.08. The van der Waals surface area contributed by atoms with Crippen molar-refractivity contribution in [2.45, 2.75) is 33.1 Å². The van der Waals surface area contributed by atoms with E-state index >= 15 is 0 Å². The molecule has 0 aliphatic rings. The predicted molar refractivity (Wildman–Crippen MR) is 107 cm³/mol. The van der Waals surface area contributed by atoms with Crippen LogP contribution in [0.5, 0.6) is 0 Å². The van der Waals surface area contributed by atoms with Crippen LogP contribution in [0.3, 0.4) is 0 Å². The standard InChI is InChI=1S/C19H22ClN5S/c1-3-12-24-18(16-8-10-21-11-9-16)22-25(19(24)26)14-23(2)13-15-4-6-17(20)7-5-15/h4-11H,3,12-14H2,1-2H3. The average Bonchev–Trinajstić information content (AvgIpc) is 2.94. The Morgan fingerprint density at radius 3 is 2.46 bits per heavy atom. The second-order valence-electron chi connectivity index (χ2n) is 6.28. The maximum absolute atomic E-state index is 5.96. The van der Waals surface area contributed by atoms with Crippen LogP contribution in [0, 0.1) is 4.77 Å². The van der Waals surface area contributed by atoms with Gasteiger partial charge in [-0.25, -0.2) is 4.68 Å². The minimum atomic E-state index is 0.621. The summed E-state index contributed by atoms with van der Waals surface area (Å²) in [6, 6.07) is 11.8. The van der Waals surface area contributed by atoms with Gasteiger partial charge in [0.05, 0.1) is 6.67 Å². The number of halogens is 1. The number of nitrogens with zero attached hydrogens (tertiary/aromatic N) is 5. The SMILES string of the molecule is CCCn1c(-c2ccncc2)nn(CN(C)Cc2ccc(Cl)cc2)c1=S. The molecular weight excluding hydrogens is 366 g/mol. The number of hydrogen-bond donors (Lipinski definition) is 0. The minimum absolute atomic E-state index is 0.621. The molecule has 0 saturated carbocycles. The molecule has 1 aromatic carbocycles. The number of rotatable bonds is 7. The molecule has 0 amide bonds. The van der Waals surface area contributed by atoms with Crippen LogP contribution in [-0.2, 0) is 19.8 Å². The topological polar surface area (TPSA) is 38.9 Å². The van der Waals surface area contributed by atoms with E-state index in [-0.39, 0.29) is 0 Å². The van der Waals surface area contributed by atoms with Crippen LogP contribution in [0.4, 0.5) is 0 Å². The lowest BCUT2D eigenvalue weighted by molar-refractivity contribution is 0.244. The zero-order valence-corrected chi connectivity index (χ0v) is 16.5. The lowest BCUT2D eigenvalue weighted by Gasteiger charge is -2.16. The first-order valence-corrected chi connectivity index (χ1v) is 9.38. The van der Waals surface area contributed by atoms with E-state index in [1.54, 1.807) is 12.4 Å². The van der Waals surface area contributed by atoms with Crippen molar-refractivity contribution in [2.24, 2.45) is 0 Å². The minimum Gasteiger partial charge on any atom is -0.300 e. The molecular formula is C19H22ClN5S. The largest absolute Gasteiger partial charge is 0.300 e. The van der Waals surface area contributed by atoms with Crippen molar-refractivity contribution in [1.82, 2.24) is 24.2 Å². The summed E-state index contributed by atoms with van der Waals surface area (Å²) in [6.45, 7) is 4.40. The van der Waals surface area contributed by atoms with E-state index < -0.39 is 0 Å². The van der Waals surface area contributed by atoms with Crippen LogP contribution >= 0.6 is 23.8 Å². The quantitative estimate of drug-likeness (QED) is 0.554. The van der Waals surface area contributed by atoms with Gasteiger partial charge in [-0.1, -0.05) is 30.7 Å². The molecule has 3 rings (SSSR count). The third-order valence-corrected chi connectivity index (χ3v) is 4.73. The van der Waals surface area contributed by atoms with E-state index in [9.17, 15) is 0 Å². The summed E-state index contributed by atoms with van der Waals surface area (Å²) in [4.78, 5) is 6.27. The van der Waals surface area contributed by atoms with Crippen LogP contribution in [0.2, 0.25) is 5.02 Å². The van der Waals surface area contributed by atoms with Gasteiger partial charge in [0.2, 0.25) is 0 Å². The zero-order chi connectivity index (χ0) is 18.5. The monoisotopic (exact) mass is 387 g/mol. The van der Waals surface area contributed by atoms with E-state index in [1.165, 1.54) is 5.56 Å². The molecule has 0 fully saturated rings. The highest BCUT2D eigenvalue weighted by atomic mass is 35.5. The van der Waals surface area contributed by atoms with Crippen LogP contribution in [0.25, 0.3) is 11.4 Å². The molecule has 0 unspecified atom stereocenters. The van der Waals surface area contributed by atoms with E-state index in [0.717, 1.165) is 40.7 Å². The molecule has 3 aromatic rings. The molecule has 0 aliphatic heterocycles. The molecule has 0 radical (unpaired) electrons. The molecule has 7 heteroatoms. The van der Waals surface area contributed by atoms with Crippen molar-refractivity contribution in [3.63, 3.8) is 0 Å². The Morgan fingerprint density at radius 1 is 1.12 bits per heavy atom. The first-order chi connectivity index (χ1) is 12.6. The maximum atomic E-state index is 5.96. The Balaban J connectivity index is 1.83. The van der Waals surface area contributed by atoms with Crippen molar-refractivity contribution in [2.75, 3.05) is 7.05 Å². The Kier molecular flexibility index (Phi) is 6.19. The molecule has 0 spiro atoms. The Bertz CT molecular complexity index is 902. The van der Waals surface area contributed by atoms with Gasteiger partial charge in [-0.3, -0.25) is 14.5 Å². The van der Waals surface area contributed by atoms with Gasteiger partial charge in [-0.2, -0.15) is 5.10 Å². The van der Waals surface area contributed by atoms with Crippen molar-refractivity contribution >= 4 is 23.8 Å². The molecule has 0 aliphatic carbocycles. The van der Waals surface area contributed by atoms with Crippen LogP contribution < -0.4 is 0 Å². The fourth-order valence-electron chi connectivity index (χ4n) is 2.85. The highest BCUT2D eigenvalue weighted by molar-refractivity contribution is 7.71. The number of pyridine rings is 1. The van der Waals surface area contributed by atoms with E-state index in [0.29, 0.717) is 6.67 Å². The molecule has 0 atom stereocenters. The van der Waals surface area contributed by atoms with Crippen molar-refractivity contribution in [1.29, 1.82) is 0 Å². The summed E-state index contributed by atoms with van der Waals surface area (Å²) in [5.41, 5.74) is 2.23. The van der Waals surface area contributed by atoms with Gasteiger partial charge in [0.1, 0.15) is 0 Å². The van der Waals surface area contributed by atoms with Gasteiger partial charge in [-0.15, -0.1) is 0 Å². The van der Waals surface area contributed by atoms with Gasteiger partial charge in [0.15, 0.2) is 10.6 Å². The van der Waals surface area contributed by atoms with Gasteiger partial charge in [0.25, 0.3) is 0 Å². The molecule has 2 aromatic heterocycles. The molecule has 0 bridgehead atoms. The highest BCUT2D eigenvalue weighted by Gasteiger charge is 2.13. The molecule has 5 nitrogen and oxygen atoms in total. The molecule has 136 valence electrons. The van der Waals surface area contributed by atoms with Crippen molar-refractivity contribution < 1.29 is 0 Å². The lowest BCUT2D eigenvalue weighted by atomic mass is 10.2. The number of aromatic nitrogens is 4. The van der Waals surface area contributed by atoms with Gasteiger partial charge < -0.3 is 0 Å². The number of hydrogen-bond acceptors (Lipinski definition) is 4. The second kappa shape index (κ2) is 8.58. The van der Waals surface area contributed by atoms with Gasteiger partial charge >= 0.3 is 0 Å². The van der Waals surface area contributed by atoms with Crippen LogP contribution in [0.1, 0.15) is 18.9 Å². The summed E-state index contributed by atoms with van der Waals surface area (Å²) < 4.78 is 4.72. The predicted octanol–water partition coefficient (Wildman–Crippen LogP) is 4.63. The van der Waals surface area contributed by atoms with Crippen LogP contribution in [0.15, 0.2) is 48.8 Å². The third kappa shape index (κ3) is 4.38. The van der Waals surface area contributed by atoms with Crippen molar-refractivity contribution in [3.8, 4) is 11.4 Å². The summed E-state index contributed by atoms with van der Waals surface area (Å²) in [7, 11) is 2.06. The summed E-state index contributed by atoms with van der Waals surface area (Å²) >= 11 is 11.6. The van der Waals surface area contributed by atoms with E-state index in [2.05, 4.69) is 28.4 Å². The Labute approximate surface area is 163 Å². The van der Waals surface area contributed by atoms with E-state index in [4.69, 9.17) is 28.9 Å². The number of benzene rings is 1. The fraction of sp³-hybridized carbons (Fsp3) is 0.316. The Morgan fingerprint density at radius 2 is 1.81 bits per heavy atom. The highest BCUT2D eigenvalue weighted by Crippen LogP contribution is 2.18. The Hall–Kier alpha value is -2.02. The molecule has 2 heterocycles. The third-order valence-electron chi connectivity index (χ3n) is 4.05. The first kappa shape index (κ1) is 18.8. The summed E-state index contributed by atoms with van der Waals surface area (Å²) in [6.07, 6.45) is 4.55. The van der Waals surface area contributed by atoms with Crippen LogP contribution in [-0.4, -0.2) is 31.3 Å². The maximum Gasteiger partial charge on any atom is 0.199 e. The van der Waals surface area contributed by atoms with E-state index in [1.807, 2.05) is 41.1 Å². The molecule has 26 heavy (non-hydrogen) atoms. The van der Waals surface area contributed by atoms with Gasteiger partial charge in [-0.05, 0) is 55.5 Å². The lowest BCUT2D eigenvalue weighted by Crippen LogP contribution is -2.22. The summed E-state index contributed by atoms with van der Waals surface area (Å²) in [5, 5.41) is 5.53. The smallest absolute Gasteiger partial charge is 0.199 e. The van der Waals surface area contributed by atoms with Crippen molar-refractivity contribution in [3.05, 3.63) is 64.1 Å². The fourth-order valence-corrected chi connectivity index (χ4v) is 3.26. The zero-order valence-electron chi connectivity index (χ0n) is 15.0. The normalized spacial score (nSPS) is 11.2. The first-order valence-electron chi connectivity index (χ1n) is 8.59. The molecule has 0 N–H and O–H groups in total. The average molecular weight is 388 g/mol. The summed E-state index contributed by atoms with van der Waals surface area (Å²) in [5.74, 6) is 0.888. The molecule has 0 saturated heterocycles.